The molecular weight excluding hydrogens is 288 g/mol. The van der Waals surface area contributed by atoms with E-state index in [9.17, 15) is 13.2 Å². The van der Waals surface area contributed by atoms with Gasteiger partial charge in [0.1, 0.15) is 0 Å². The molecule has 5 heteroatoms. The molecule has 0 unspecified atom stereocenters. The number of carbonyl (C=O) groups excluding carboxylic acids is 1. The maximum absolute atomic E-state index is 12.7. The van der Waals surface area contributed by atoms with Crippen LogP contribution in [0.3, 0.4) is 0 Å². The third-order valence-corrected chi connectivity index (χ3v) is 5.00. The van der Waals surface area contributed by atoms with Crippen LogP contribution in [-0.2, 0) is 19.4 Å². The minimum Gasteiger partial charge on any atom is -0.465 e. The van der Waals surface area contributed by atoms with Crippen LogP contribution in [0.1, 0.15) is 17.7 Å². The highest BCUT2D eigenvalue weighted by molar-refractivity contribution is 7.92. The predicted molar refractivity (Wildman–Crippen MR) is 79.4 cm³/mol. The molecule has 0 N–H and O–H groups in total. The molecule has 0 heterocycles. The number of esters is 1. The van der Waals surface area contributed by atoms with Crippen LogP contribution in [0.2, 0.25) is 0 Å². The molecule has 0 saturated heterocycles. The Hall–Kier alpha value is -2.14. The van der Waals surface area contributed by atoms with Gasteiger partial charge in [-0.25, -0.2) is 8.42 Å². The number of benzene rings is 2. The second-order valence-electron chi connectivity index (χ2n) is 4.40. The van der Waals surface area contributed by atoms with Gasteiger partial charge in [0.05, 0.1) is 11.5 Å². The monoisotopic (exact) mass is 304 g/mol. The highest BCUT2D eigenvalue weighted by atomic mass is 32.2. The van der Waals surface area contributed by atoms with Crippen LogP contribution in [0, 0.1) is 0 Å². The molecule has 0 saturated carbocycles. The van der Waals surface area contributed by atoms with Crippen LogP contribution in [0.4, 0.5) is 0 Å². The van der Waals surface area contributed by atoms with Crippen molar-refractivity contribution in [3.8, 4) is 0 Å². The Bertz CT molecular complexity index is 694. The van der Waals surface area contributed by atoms with E-state index in [0.29, 0.717) is 5.56 Å². The van der Waals surface area contributed by atoms with Gasteiger partial charge in [0.2, 0.25) is 0 Å². The summed E-state index contributed by atoms with van der Waals surface area (Å²) in [4.78, 5) is 12.3. The zero-order valence-corrected chi connectivity index (χ0v) is 12.4. The topological polar surface area (TPSA) is 60.4 Å². The van der Waals surface area contributed by atoms with E-state index in [4.69, 9.17) is 4.74 Å². The van der Waals surface area contributed by atoms with Gasteiger partial charge in [-0.15, -0.1) is 0 Å². The van der Waals surface area contributed by atoms with Crippen molar-refractivity contribution in [2.45, 2.75) is 17.1 Å². The summed E-state index contributed by atoms with van der Waals surface area (Å²) in [6.45, 7) is 1.78. The first-order valence-corrected chi connectivity index (χ1v) is 8.12. The lowest BCUT2D eigenvalue weighted by Crippen LogP contribution is -2.24. The quantitative estimate of drug-likeness (QED) is 0.797. The van der Waals surface area contributed by atoms with Gasteiger partial charge in [0, 0.05) is 0 Å². The van der Waals surface area contributed by atoms with Gasteiger partial charge in [0.25, 0.3) is 0 Å². The fraction of sp³-hybridized carbons (Fsp3) is 0.188. The van der Waals surface area contributed by atoms with E-state index in [0.717, 1.165) is 0 Å². The van der Waals surface area contributed by atoms with Gasteiger partial charge in [-0.2, -0.15) is 0 Å². The zero-order valence-electron chi connectivity index (χ0n) is 11.6. The molecule has 0 fully saturated rings. The smallest absolute Gasteiger partial charge is 0.329 e. The molecule has 0 aliphatic carbocycles. The second kappa shape index (κ2) is 6.54. The molecule has 21 heavy (non-hydrogen) atoms. The summed E-state index contributed by atoms with van der Waals surface area (Å²) in [5.74, 6) is -0.757. The van der Waals surface area contributed by atoms with Crippen LogP contribution >= 0.6 is 0 Å². The lowest BCUT2D eigenvalue weighted by molar-refractivity contribution is -0.142. The molecule has 1 atom stereocenters. The van der Waals surface area contributed by atoms with Crippen LogP contribution in [-0.4, -0.2) is 21.0 Å². The summed E-state index contributed by atoms with van der Waals surface area (Å²) >= 11 is 0. The molecule has 2 aromatic carbocycles. The molecule has 0 radical (unpaired) electrons. The Kier molecular flexibility index (Phi) is 4.75. The Labute approximate surface area is 124 Å². The number of hydrogen-bond donors (Lipinski definition) is 0. The van der Waals surface area contributed by atoms with Gasteiger partial charge in [-0.3, -0.25) is 4.79 Å². The lowest BCUT2D eigenvalue weighted by atomic mass is 10.1. The van der Waals surface area contributed by atoms with Crippen LogP contribution in [0.25, 0.3) is 0 Å². The van der Waals surface area contributed by atoms with Gasteiger partial charge in [-0.1, -0.05) is 48.5 Å². The van der Waals surface area contributed by atoms with Crippen molar-refractivity contribution in [2.75, 3.05) is 6.61 Å². The third-order valence-electron chi connectivity index (χ3n) is 2.99. The molecule has 0 bridgehead atoms. The molecule has 110 valence electrons. The van der Waals surface area contributed by atoms with Crippen LogP contribution in [0.15, 0.2) is 65.6 Å². The highest BCUT2D eigenvalue weighted by Crippen LogP contribution is 2.30. The van der Waals surface area contributed by atoms with E-state index < -0.39 is 21.1 Å². The summed E-state index contributed by atoms with van der Waals surface area (Å²) in [6, 6.07) is 16.3. The van der Waals surface area contributed by atoms with Crippen molar-refractivity contribution in [3.05, 3.63) is 66.2 Å². The standard InChI is InChI=1S/C16H16O4S/c1-2-20-16(17)15(13-9-5-3-6-10-13)21(18,19)14-11-7-4-8-12-14/h3-12,15H,2H2,1H3/t15-/m1/s1. The normalized spacial score (nSPS) is 12.6. The summed E-state index contributed by atoms with van der Waals surface area (Å²) in [5, 5.41) is -1.35. The molecule has 0 amide bonds. The van der Waals surface area contributed by atoms with Gasteiger partial charge in [-0.05, 0) is 24.6 Å². The van der Waals surface area contributed by atoms with Crippen molar-refractivity contribution >= 4 is 15.8 Å². The minimum absolute atomic E-state index is 0.104. The molecule has 2 aromatic rings. The average molecular weight is 304 g/mol. The molecule has 0 aliphatic rings. The molecule has 2 rings (SSSR count). The summed E-state index contributed by atoms with van der Waals surface area (Å²) in [6.07, 6.45) is 0. The van der Waals surface area contributed by atoms with Crippen molar-refractivity contribution in [1.82, 2.24) is 0 Å². The Morgan fingerprint density at radius 3 is 2.05 bits per heavy atom. The van der Waals surface area contributed by atoms with Gasteiger partial charge >= 0.3 is 5.97 Å². The minimum atomic E-state index is -3.85. The number of rotatable bonds is 5. The molecule has 0 aromatic heterocycles. The Balaban J connectivity index is 2.53. The Morgan fingerprint density at radius 1 is 1.00 bits per heavy atom. The van der Waals surface area contributed by atoms with Crippen molar-refractivity contribution in [2.24, 2.45) is 0 Å². The number of carbonyl (C=O) groups is 1. The van der Waals surface area contributed by atoms with Gasteiger partial charge < -0.3 is 4.74 Å². The Morgan fingerprint density at radius 2 is 1.52 bits per heavy atom. The van der Waals surface area contributed by atoms with E-state index in [1.165, 1.54) is 12.1 Å². The van der Waals surface area contributed by atoms with Crippen molar-refractivity contribution in [3.63, 3.8) is 0 Å². The first-order valence-electron chi connectivity index (χ1n) is 6.58. The SMILES string of the molecule is CCOC(=O)[C@@H](c1ccccc1)S(=O)(=O)c1ccccc1. The molecule has 4 nitrogen and oxygen atoms in total. The molecule has 0 aliphatic heterocycles. The van der Waals surface area contributed by atoms with Crippen molar-refractivity contribution in [1.29, 1.82) is 0 Å². The summed E-state index contributed by atoms with van der Waals surface area (Å²) in [5.41, 5.74) is 0.403. The number of ether oxygens (including phenoxy) is 1. The zero-order chi connectivity index (χ0) is 15.3. The first-order chi connectivity index (χ1) is 10.1. The van der Waals surface area contributed by atoms with E-state index in [1.807, 2.05) is 0 Å². The highest BCUT2D eigenvalue weighted by Gasteiger charge is 2.36. The molecular formula is C16H16O4S. The fourth-order valence-electron chi connectivity index (χ4n) is 2.03. The predicted octanol–water partition coefficient (Wildman–Crippen LogP) is 2.76. The maximum Gasteiger partial charge on any atom is 0.329 e. The van der Waals surface area contributed by atoms with Crippen molar-refractivity contribution < 1.29 is 17.9 Å². The number of hydrogen-bond acceptors (Lipinski definition) is 4. The first kappa shape index (κ1) is 15.3. The van der Waals surface area contributed by atoms with Crippen LogP contribution < -0.4 is 0 Å². The second-order valence-corrected chi connectivity index (χ2v) is 6.43. The maximum atomic E-state index is 12.7. The third kappa shape index (κ3) is 3.31. The largest absolute Gasteiger partial charge is 0.465 e. The van der Waals surface area contributed by atoms with E-state index in [2.05, 4.69) is 0 Å². The molecule has 0 spiro atoms. The van der Waals surface area contributed by atoms with E-state index in [1.54, 1.807) is 55.5 Å². The fourth-order valence-corrected chi connectivity index (χ4v) is 3.68. The van der Waals surface area contributed by atoms with Crippen LogP contribution in [0.5, 0.6) is 0 Å². The summed E-state index contributed by atoms with van der Waals surface area (Å²) < 4.78 is 30.4. The van der Waals surface area contributed by atoms with Gasteiger partial charge in [0.15, 0.2) is 15.1 Å². The van der Waals surface area contributed by atoms with E-state index in [-0.39, 0.29) is 11.5 Å². The lowest BCUT2D eigenvalue weighted by Gasteiger charge is -2.16. The van der Waals surface area contributed by atoms with E-state index >= 15 is 0 Å². The average Bonchev–Trinajstić information content (AvgIpc) is 2.49. The number of sulfone groups is 1. The summed E-state index contributed by atoms with van der Waals surface area (Å²) in [7, 11) is -3.85.